The van der Waals surface area contributed by atoms with Crippen molar-refractivity contribution in [3.63, 3.8) is 0 Å². The second-order valence-corrected chi connectivity index (χ2v) is 5.04. The first-order valence-corrected chi connectivity index (χ1v) is 6.78. The summed E-state index contributed by atoms with van der Waals surface area (Å²) in [6, 6.07) is 6.59. The van der Waals surface area contributed by atoms with E-state index in [1.165, 1.54) is 0 Å². The maximum absolute atomic E-state index is 10.1. The fraction of sp³-hybridized carbons (Fsp3) is 0.600. The number of phenols is 1. The molecule has 3 heteroatoms. The van der Waals surface area contributed by atoms with Gasteiger partial charge in [-0.05, 0) is 40.3 Å². The van der Waals surface area contributed by atoms with Crippen molar-refractivity contribution in [2.45, 2.75) is 46.2 Å². The highest BCUT2D eigenvalue weighted by Crippen LogP contribution is 2.29. The molecule has 0 spiro atoms. The third kappa shape index (κ3) is 3.39. The van der Waals surface area contributed by atoms with Crippen LogP contribution in [0.25, 0.3) is 0 Å². The Kier molecular flexibility index (Phi) is 5.48. The zero-order valence-electron chi connectivity index (χ0n) is 12.2. The lowest BCUT2D eigenvalue weighted by molar-refractivity contribution is 0.457. The minimum absolute atomic E-state index is 0.165. The Labute approximate surface area is 111 Å². The van der Waals surface area contributed by atoms with E-state index in [2.05, 4.69) is 37.1 Å². The van der Waals surface area contributed by atoms with Gasteiger partial charge in [0.05, 0.1) is 0 Å². The van der Waals surface area contributed by atoms with Gasteiger partial charge in [-0.2, -0.15) is 0 Å². The van der Waals surface area contributed by atoms with Gasteiger partial charge in [-0.1, -0.05) is 13.0 Å². The molecule has 0 heterocycles. The van der Waals surface area contributed by atoms with Gasteiger partial charge in [0.25, 0.3) is 0 Å². The van der Waals surface area contributed by atoms with Gasteiger partial charge in [0.1, 0.15) is 5.75 Å². The normalized spacial score (nSPS) is 12.8. The van der Waals surface area contributed by atoms with Crippen molar-refractivity contribution in [1.82, 2.24) is 5.32 Å². The molecule has 0 aliphatic heterocycles. The van der Waals surface area contributed by atoms with Crippen LogP contribution in [-0.4, -0.2) is 24.7 Å². The maximum atomic E-state index is 10.1. The standard InChI is InChI=1S/C15H26N2O/c1-6-9-17(11(2)3)13-7-8-14(12(4)16-5)15(18)10-13/h7-8,10-12,16,18H,6,9H2,1-5H3. The molecule has 0 aromatic heterocycles. The number of rotatable bonds is 6. The van der Waals surface area contributed by atoms with E-state index in [1.807, 2.05) is 26.1 Å². The number of aromatic hydroxyl groups is 1. The Morgan fingerprint density at radius 2 is 1.94 bits per heavy atom. The maximum Gasteiger partial charge on any atom is 0.122 e. The average molecular weight is 250 g/mol. The number of benzene rings is 1. The first-order valence-electron chi connectivity index (χ1n) is 6.78. The van der Waals surface area contributed by atoms with Crippen molar-refractivity contribution in [2.24, 2.45) is 0 Å². The minimum atomic E-state index is 0.165. The van der Waals surface area contributed by atoms with Crippen LogP contribution in [0.4, 0.5) is 5.69 Å². The van der Waals surface area contributed by atoms with Gasteiger partial charge in [0, 0.05) is 35.9 Å². The highest BCUT2D eigenvalue weighted by Gasteiger charge is 2.13. The molecule has 3 nitrogen and oxygen atoms in total. The molecule has 2 N–H and O–H groups in total. The highest BCUT2D eigenvalue weighted by atomic mass is 16.3. The van der Waals surface area contributed by atoms with Gasteiger partial charge < -0.3 is 15.3 Å². The van der Waals surface area contributed by atoms with Gasteiger partial charge in [0.15, 0.2) is 0 Å². The monoisotopic (exact) mass is 250 g/mol. The topological polar surface area (TPSA) is 35.5 Å². The summed E-state index contributed by atoms with van der Waals surface area (Å²) >= 11 is 0. The molecule has 0 bridgehead atoms. The van der Waals surface area contributed by atoms with E-state index in [4.69, 9.17) is 0 Å². The zero-order chi connectivity index (χ0) is 13.7. The summed E-state index contributed by atoms with van der Waals surface area (Å²) in [4.78, 5) is 2.31. The van der Waals surface area contributed by atoms with Gasteiger partial charge in [-0.3, -0.25) is 0 Å². The van der Waals surface area contributed by atoms with Crippen LogP contribution in [0.15, 0.2) is 18.2 Å². The summed E-state index contributed by atoms with van der Waals surface area (Å²) in [5.41, 5.74) is 2.04. The average Bonchev–Trinajstić information content (AvgIpc) is 2.34. The second kappa shape index (κ2) is 6.64. The smallest absolute Gasteiger partial charge is 0.122 e. The van der Waals surface area contributed by atoms with Gasteiger partial charge in [-0.25, -0.2) is 0 Å². The summed E-state index contributed by atoms with van der Waals surface area (Å²) < 4.78 is 0. The van der Waals surface area contributed by atoms with E-state index >= 15 is 0 Å². The van der Waals surface area contributed by atoms with E-state index in [1.54, 1.807) is 0 Å². The minimum Gasteiger partial charge on any atom is -0.508 e. The van der Waals surface area contributed by atoms with Crippen molar-refractivity contribution in [3.05, 3.63) is 23.8 Å². The van der Waals surface area contributed by atoms with Gasteiger partial charge in [-0.15, -0.1) is 0 Å². The van der Waals surface area contributed by atoms with E-state index < -0.39 is 0 Å². The van der Waals surface area contributed by atoms with Crippen molar-refractivity contribution < 1.29 is 5.11 Å². The highest BCUT2D eigenvalue weighted by molar-refractivity contribution is 5.54. The molecule has 0 aliphatic rings. The molecule has 0 amide bonds. The third-order valence-electron chi connectivity index (χ3n) is 3.33. The fourth-order valence-electron chi connectivity index (χ4n) is 2.16. The van der Waals surface area contributed by atoms with E-state index in [-0.39, 0.29) is 6.04 Å². The Hall–Kier alpha value is -1.22. The predicted octanol–water partition coefficient (Wildman–Crippen LogP) is 3.30. The summed E-state index contributed by atoms with van der Waals surface area (Å²) in [5, 5.41) is 13.3. The Morgan fingerprint density at radius 3 is 2.39 bits per heavy atom. The molecule has 1 aromatic rings. The molecule has 102 valence electrons. The van der Waals surface area contributed by atoms with Crippen LogP contribution in [0.1, 0.15) is 45.7 Å². The van der Waals surface area contributed by atoms with Crippen LogP contribution < -0.4 is 10.2 Å². The number of nitrogens with zero attached hydrogens (tertiary/aromatic N) is 1. The molecule has 18 heavy (non-hydrogen) atoms. The number of nitrogens with one attached hydrogen (secondary N) is 1. The Balaban J connectivity index is 3.01. The lowest BCUT2D eigenvalue weighted by atomic mass is 10.1. The van der Waals surface area contributed by atoms with Gasteiger partial charge >= 0.3 is 0 Å². The van der Waals surface area contributed by atoms with E-state index in [0.717, 1.165) is 24.2 Å². The van der Waals surface area contributed by atoms with Crippen molar-refractivity contribution in [2.75, 3.05) is 18.5 Å². The first-order chi connectivity index (χ1) is 8.51. The van der Waals surface area contributed by atoms with Crippen LogP contribution in [0.5, 0.6) is 5.75 Å². The molecule has 0 aliphatic carbocycles. The van der Waals surface area contributed by atoms with Crippen LogP contribution in [-0.2, 0) is 0 Å². The lowest BCUT2D eigenvalue weighted by Gasteiger charge is -2.29. The summed E-state index contributed by atoms with van der Waals surface area (Å²) in [7, 11) is 1.90. The first kappa shape index (κ1) is 14.8. The molecule has 0 saturated carbocycles. The molecule has 1 rings (SSSR count). The molecular formula is C15H26N2O. The van der Waals surface area contributed by atoms with Crippen LogP contribution >= 0.6 is 0 Å². The van der Waals surface area contributed by atoms with Crippen LogP contribution in [0, 0.1) is 0 Å². The molecule has 0 radical (unpaired) electrons. The summed E-state index contributed by atoms with van der Waals surface area (Å²) in [5.74, 6) is 0.371. The summed E-state index contributed by atoms with van der Waals surface area (Å²) in [6.45, 7) is 9.58. The fourth-order valence-corrected chi connectivity index (χ4v) is 2.16. The van der Waals surface area contributed by atoms with Crippen LogP contribution in [0.2, 0.25) is 0 Å². The van der Waals surface area contributed by atoms with E-state index in [9.17, 15) is 5.11 Å². The zero-order valence-corrected chi connectivity index (χ0v) is 12.2. The SMILES string of the molecule is CCCN(c1ccc(C(C)NC)c(O)c1)C(C)C. The van der Waals surface area contributed by atoms with Gasteiger partial charge in [0.2, 0.25) is 0 Å². The molecule has 1 atom stereocenters. The molecule has 1 aromatic carbocycles. The predicted molar refractivity (Wildman–Crippen MR) is 78.4 cm³/mol. The number of hydrogen-bond acceptors (Lipinski definition) is 3. The largest absolute Gasteiger partial charge is 0.508 e. The molecule has 1 unspecified atom stereocenters. The quantitative estimate of drug-likeness (QED) is 0.813. The number of hydrogen-bond donors (Lipinski definition) is 2. The van der Waals surface area contributed by atoms with Crippen molar-refractivity contribution in [1.29, 1.82) is 0 Å². The molecular weight excluding hydrogens is 224 g/mol. The van der Waals surface area contributed by atoms with Crippen molar-refractivity contribution >= 4 is 5.69 Å². The summed E-state index contributed by atoms with van der Waals surface area (Å²) in [6.07, 6.45) is 1.10. The van der Waals surface area contributed by atoms with Crippen LogP contribution in [0.3, 0.4) is 0 Å². The number of phenolic OH excluding ortho intramolecular Hbond substituents is 1. The molecule has 0 saturated heterocycles. The molecule has 0 fully saturated rings. The van der Waals surface area contributed by atoms with E-state index in [0.29, 0.717) is 11.8 Å². The van der Waals surface area contributed by atoms with Crippen molar-refractivity contribution in [3.8, 4) is 5.75 Å². The number of anilines is 1. The Bertz CT molecular complexity index is 377. The Morgan fingerprint density at radius 1 is 1.28 bits per heavy atom. The lowest BCUT2D eigenvalue weighted by Crippen LogP contribution is -2.31. The second-order valence-electron chi connectivity index (χ2n) is 5.04. The third-order valence-corrected chi connectivity index (χ3v) is 3.33.